The smallest absolute Gasteiger partial charge is 0.244 e. The lowest BCUT2D eigenvalue weighted by atomic mass is 9.90. The van der Waals surface area contributed by atoms with E-state index < -0.39 is 0 Å². The van der Waals surface area contributed by atoms with Crippen molar-refractivity contribution in [2.45, 2.75) is 25.7 Å². The molecule has 0 spiro atoms. The highest BCUT2D eigenvalue weighted by molar-refractivity contribution is 5.94. The number of benzene rings is 2. The summed E-state index contributed by atoms with van der Waals surface area (Å²) in [5.74, 6) is 1.26. The Balaban J connectivity index is 1.34. The van der Waals surface area contributed by atoms with Gasteiger partial charge in [-0.2, -0.15) is 0 Å². The van der Waals surface area contributed by atoms with Crippen LogP contribution in [0.5, 0.6) is 5.75 Å². The Morgan fingerprint density at radius 1 is 1.07 bits per heavy atom. The van der Waals surface area contributed by atoms with Crippen LogP contribution in [0.25, 0.3) is 6.08 Å². The molecule has 0 aromatic heterocycles. The minimum Gasteiger partial charge on any atom is -0.497 e. The van der Waals surface area contributed by atoms with Gasteiger partial charge in [0.1, 0.15) is 5.75 Å². The molecule has 0 bridgehead atoms. The van der Waals surface area contributed by atoms with Crippen LogP contribution < -0.4 is 10.1 Å². The maximum Gasteiger partial charge on any atom is 0.244 e. The molecule has 30 heavy (non-hydrogen) atoms. The lowest BCUT2D eigenvalue weighted by Gasteiger charge is -2.32. The first-order valence-corrected chi connectivity index (χ1v) is 10.6. The SMILES string of the molecule is COc1ccc(CCC2CCN(C(=O)CNC(=O)/C=C/c3ccccc3)CC2)cc1. The third-order valence-corrected chi connectivity index (χ3v) is 5.61. The highest BCUT2D eigenvalue weighted by Crippen LogP contribution is 2.23. The van der Waals surface area contributed by atoms with Crippen molar-refractivity contribution in [1.29, 1.82) is 0 Å². The quantitative estimate of drug-likeness (QED) is 0.680. The second-order valence-corrected chi connectivity index (χ2v) is 7.67. The summed E-state index contributed by atoms with van der Waals surface area (Å²) >= 11 is 0. The molecule has 2 aromatic carbocycles. The first-order valence-electron chi connectivity index (χ1n) is 10.6. The van der Waals surface area contributed by atoms with Gasteiger partial charge in [0, 0.05) is 19.2 Å². The molecule has 1 aliphatic heterocycles. The van der Waals surface area contributed by atoms with Crippen molar-refractivity contribution in [3.05, 3.63) is 71.8 Å². The molecule has 1 saturated heterocycles. The Morgan fingerprint density at radius 2 is 1.77 bits per heavy atom. The van der Waals surface area contributed by atoms with E-state index in [1.165, 1.54) is 11.6 Å². The third-order valence-electron chi connectivity index (χ3n) is 5.61. The molecule has 5 nitrogen and oxygen atoms in total. The summed E-state index contributed by atoms with van der Waals surface area (Å²) < 4.78 is 5.20. The summed E-state index contributed by atoms with van der Waals surface area (Å²) in [6.07, 6.45) is 7.43. The zero-order chi connectivity index (χ0) is 21.2. The van der Waals surface area contributed by atoms with Gasteiger partial charge in [0.25, 0.3) is 0 Å². The van der Waals surface area contributed by atoms with Crippen molar-refractivity contribution in [1.82, 2.24) is 10.2 Å². The van der Waals surface area contributed by atoms with Gasteiger partial charge in [0.05, 0.1) is 13.7 Å². The van der Waals surface area contributed by atoms with Gasteiger partial charge < -0.3 is 15.0 Å². The van der Waals surface area contributed by atoms with Gasteiger partial charge in [0.15, 0.2) is 0 Å². The molecule has 0 radical (unpaired) electrons. The highest BCUT2D eigenvalue weighted by Gasteiger charge is 2.22. The fraction of sp³-hybridized carbons (Fsp3) is 0.360. The van der Waals surface area contributed by atoms with Crippen LogP contribution in [0.3, 0.4) is 0 Å². The van der Waals surface area contributed by atoms with Crippen LogP contribution in [0.15, 0.2) is 60.7 Å². The number of hydrogen-bond donors (Lipinski definition) is 1. The van der Waals surface area contributed by atoms with Crippen LogP contribution in [0, 0.1) is 5.92 Å². The zero-order valence-corrected chi connectivity index (χ0v) is 17.5. The van der Waals surface area contributed by atoms with E-state index in [1.54, 1.807) is 13.2 Å². The van der Waals surface area contributed by atoms with Gasteiger partial charge in [-0.3, -0.25) is 9.59 Å². The molecule has 5 heteroatoms. The van der Waals surface area contributed by atoms with Crippen molar-refractivity contribution < 1.29 is 14.3 Å². The van der Waals surface area contributed by atoms with Crippen LogP contribution in [0.4, 0.5) is 0 Å². The van der Waals surface area contributed by atoms with E-state index in [-0.39, 0.29) is 18.4 Å². The molecule has 1 aliphatic rings. The minimum absolute atomic E-state index is 0.00920. The molecule has 3 rings (SSSR count). The topological polar surface area (TPSA) is 58.6 Å². The Bertz CT molecular complexity index is 838. The fourth-order valence-corrected chi connectivity index (χ4v) is 3.70. The average Bonchev–Trinajstić information content (AvgIpc) is 2.81. The van der Waals surface area contributed by atoms with Crippen LogP contribution in [-0.2, 0) is 16.0 Å². The normalized spacial score (nSPS) is 14.6. The van der Waals surface area contributed by atoms with Crippen molar-refractivity contribution in [3.63, 3.8) is 0 Å². The minimum atomic E-state index is -0.249. The van der Waals surface area contributed by atoms with E-state index in [4.69, 9.17) is 4.74 Å². The zero-order valence-electron chi connectivity index (χ0n) is 17.5. The predicted molar refractivity (Wildman–Crippen MR) is 119 cm³/mol. The number of methoxy groups -OCH3 is 1. The maximum absolute atomic E-state index is 12.4. The molecule has 1 heterocycles. The Kier molecular flexibility index (Phi) is 8.07. The molecule has 0 atom stereocenters. The largest absolute Gasteiger partial charge is 0.497 e. The summed E-state index contributed by atoms with van der Waals surface area (Å²) in [4.78, 5) is 26.2. The van der Waals surface area contributed by atoms with E-state index in [0.717, 1.165) is 50.1 Å². The van der Waals surface area contributed by atoms with Gasteiger partial charge in [-0.05, 0) is 60.9 Å². The van der Waals surface area contributed by atoms with Gasteiger partial charge in [-0.1, -0.05) is 42.5 Å². The molecule has 0 aliphatic carbocycles. The second-order valence-electron chi connectivity index (χ2n) is 7.67. The summed E-state index contributed by atoms with van der Waals surface area (Å²) in [6.45, 7) is 1.58. The molecule has 0 saturated carbocycles. The Hall–Kier alpha value is -3.08. The van der Waals surface area contributed by atoms with E-state index >= 15 is 0 Å². The molecule has 158 valence electrons. The first kappa shape index (κ1) is 21.6. The number of nitrogens with zero attached hydrogens (tertiary/aromatic N) is 1. The van der Waals surface area contributed by atoms with Crippen molar-refractivity contribution >= 4 is 17.9 Å². The van der Waals surface area contributed by atoms with Gasteiger partial charge in [-0.15, -0.1) is 0 Å². The summed E-state index contributed by atoms with van der Waals surface area (Å²) in [5.41, 5.74) is 2.27. The molecular formula is C25H30N2O3. The monoisotopic (exact) mass is 406 g/mol. The molecule has 2 aromatic rings. The molecule has 0 unspecified atom stereocenters. The average molecular weight is 407 g/mol. The number of ether oxygens (including phenoxy) is 1. The third kappa shape index (κ3) is 6.76. The number of carbonyl (C=O) groups excluding carboxylic acids is 2. The molecule has 1 fully saturated rings. The predicted octanol–water partition coefficient (Wildman–Crippen LogP) is 3.70. The van der Waals surface area contributed by atoms with E-state index in [1.807, 2.05) is 47.4 Å². The summed E-state index contributed by atoms with van der Waals surface area (Å²) in [7, 11) is 1.68. The summed E-state index contributed by atoms with van der Waals surface area (Å²) in [5, 5.41) is 2.69. The van der Waals surface area contributed by atoms with E-state index in [0.29, 0.717) is 5.92 Å². The lowest BCUT2D eigenvalue weighted by Crippen LogP contribution is -2.43. The number of amides is 2. The Morgan fingerprint density at radius 3 is 2.43 bits per heavy atom. The number of aryl methyl sites for hydroxylation is 1. The molecular weight excluding hydrogens is 376 g/mol. The fourth-order valence-electron chi connectivity index (χ4n) is 3.70. The van der Waals surface area contributed by atoms with Crippen molar-refractivity contribution in [3.8, 4) is 5.75 Å². The van der Waals surface area contributed by atoms with Crippen LogP contribution >= 0.6 is 0 Å². The van der Waals surface area contributed by atoms with Crippen LogP contribution in [-0.4, -0.2) is 43.5 Å². The van der Waals surface area contributed by atoms with Gasteiger partial charge in [-0.25, -0.2) is 0 Å². The molecule has 2 amide bonds. The van der Waals surface area contributed by atoms with Crippen molar-refractivity contribution in [2.24, 2.45) is 5.92 Å². The highest BCUT2D eigenvalue weighted by atomic mass is 16.5. The number of piperidine rings is 1. The van der Waals surface area contributed by atoms with Crippen LogP contribution in [0.2, 0.25) is 0 Å². The van der Waals surface area contributed by atoms with Gasteiger partial charge >= 0.3 is 0 Å². The molecule has 1 N–H and O–H groups in total. The second kappa shape index (κ2) is 11.2. The number of carbonyl (C=O) groups is 2. The van der Waals surface area contributed by atoms with Gasteiger partial charge in [0.2, 0.25) is 11.8 Å². The maximum atomic E-state index is 12.4. The number of likely N-dealkylation sites (tertiary alicyclic amines) is 1. The number of hydrogen-bond acceptors (Lipinski definition) is 3. The summed E-state index contributed by atoms with van der Waals surface area (Å²) in [6, 6.07) is 17.8. The first-order chi connectivity index (χ1) is 14.6. The lowest BCUT2D eigenvalue weighted by molar-refractivity contribution is -0.133. The van der Waals surface area contributed by atoms with Crippen molar-refractivity contribution in [2.75, 3.05) is 26.7 Å². The number of nitrogens with one attached hydrogen (secondary N) is 1. The Labute approximate surface area is 178 Å². The standard InChI is InChI=1S/C25H30N2O3/c1-30-23-12-9-21(10-13-23)7-8-22-15-17-27(18-16-22)25(29)19-26-24(28)14-11-20-5-3-2-4-6-20/h2-6,9-14,22H,7-8,15-19H2,1H3,(H,26,28)/b14-11+. The van der Waals surface area contributed by atoms with E-state index in [9.17, 15) is 9.59 Å². The van der Waals surface area contributed by atoms with E-state index in [2.05, 4.69) is 17.4 Å². The number of rotatable bonds is 8. The van der Waals surface area contributed by atoms with Crippen LogP contribution in [0.1, 0.15) is 30.4 Å².